The van der Waals surface area contributed by atoms with Gasteiger partial charge in [0.15, 0.2) is 0 Å². The van der Waals surface area contributed by atoms with Gasteiger partial charge in [-0.05, 0) is 56.0 Å². The van der Waals surface area contributed by atoms with Gasteiger partial charge in [-0.25, -0.2) is 0 Å². The van der Waals surface area contributed by atoms with E-state index in [2.05, 4.69) is 46.2 Å². The van der Waals surface area contributed by atoms with E-state index in [1.807, 2.05) is 37.3 Å². The average molecular weight is 434 g/mol. The van der Waals surface area contributed by atoms with Crippen molar-refractivity contribution in [1.82, 2.24) is 15.0 Å². The van der Waals surface area contributed by atoms with Crippen LogP contribution in [0.4, 0.5) is 0 Å². The molecule has 0 unspecified atom stereocenters. The fraction of sp³-hybridized carbons (Fsp3) is 0.423. The van der Waals surface area contributed by atoms with Gasteiger partial charge in [-0.1, -0.05) is 42.4 Å². The van der Waals surface area contributed by atoms with Crippen LogP contribution in [0.25, 0.3) is 11.4 Å². The number of hydrogen-bond donors (Lipinski definition) is 0. The predicted molar refractivity (Wildman–Crippen MR) is 123 cm³/mol. The maximum absolute atomic E-state index is 13.1. The second kappa shape index (κ2) is 10.4. The first-order valence-corrected chi connectivity index (χ1v) is 11.6. The molecule has 2 atom stereocenters. The Balaban J connectivity index is 1.37. The van der Waals surface area contributed by atoms with Gasteiger partial charge in [0.2, 0.25) is 17.6 Å². The topological polar surface area (TPSA) is 68.5 Å². The van der Waals surface area contributed by atoms with Crippen molar-refractivity contribution in [2.24, 2.45) is 0 Å². The molecule has 0 aliphatic carbocycles. The van der Waals surface area contributed by atoms with E-state index in [1.54, 1.807) is 0 Å². The van der Waals surface area contributed by atoms with E-state index in [9.17, 15) is 4.79 Å². The van der Waals surface area contributed by atoms with Crippen molar-refractivity contribution in [3.8, 4) is 17.1 Å². The van der Waals surface area contributed by atoms with Crippen LogP contribution in [0.1, 0.15) is 56.9 Å². The molecule has 0 radical (unpaired) electrons. The highest BCUT2D eigenvalue weighted by Gasteiger charge is 2.34. The Labute approximate surface area is 189 Å². The SMILES string of the molecule is CCOc1ccc(-c2noc(CCC(=O)N3CCC[C@@H]3[C@H](CC)c3ccccc3)n2)cc1. The van der Waals surface area contributed by atoms with E-state index in [0.29, 0.717) is 37.1 Å². The van der Waals surface area contributed by atoms with Gasteiger partial charge in [0.1, 0.15) is 5.75 Å². The quantitative estimate of drug-likeness (QED) is 0.461. The minimum absolute atomic E-state index is 0.169. The summed E-state index contributed by atoms with van der Waals surface area (Å²) < 4.78 is 10.9. The van der Waals surface area contributed by atoms with Gasteiger partial charge in [0, 0.05) is 36.9 Å². The Morgan fingerprint density at radius 2 is 1.94 bits per heavy atom. The van der Waals surface area contributed by atoms with Crippen LogP contribution in [0.5, 0.6) is 5.75 Å². The van der Waals surface area contributed by atoms with Crippen molar-refractivity contribution in [3.05, 3.63) is 66.1 Å². The standard InChI is InChI=1S/C26H31N3O3/c1-3-22(19-9-6-5-7-10-19)23-11-8-18-29(23)25(30)17-16-24-27-26(28-32-24)20-12-14-21(15-13-20)31-4-2/h5-7,9-10,12-15,22-23H,3-4,8,11,16-18H2,1-2H3/t22-,23-/m1/s1. The number of rotatable bonds is 9. The third-order valence-electron chi connectivity index (χ3n) is 6.20. The first kappa shape index (κ1) is 22.1. The van der Waals surface area contributed by atoms with Crippen LogP contribution in [0, 0.1) is 0 Å². The Morgan fingerprint density at radius 1 is 1.16 bits per heavy atom. The molecule has 1 fully saturated rings. The molecule has 1 aliphatic heterocycles. The van der Waals surface area contributed by atoms with Gasteiger partial charge in [-0.15, -0.1) is 0 Å². The van der Waals surface area contributed by atoms with Gasteiger partial charge >= 0.3 is 0 Å². The summed E-state index contributed by atoms with van der Waals surface area (Å²) in [4.78, 5) is 19.6. The summed E-state index contributed by atoms with van der Waals surface area (Å²) in [6.07, 6.45) is 3.97. The van der Waals surface area contributed by atoms with E-state index in [1.165, 1.54) is 5.56 Å². The second-order valence-corrected chi connectivity index (χ2v) is 8.19. The summed E-state index contributed by atoms with van der Waals surface area (Å²) in [6.45, 7) is 5.62. The number of ether oxygens (including phenoxy) is 1. The molecule has 1 aliphatic rings. The summed E-state index contributed by atoms with van der Waals surface area (Å²) in [5.74, 6) is 2.38. The third-order valence-corrected chi connectivity index (χ3v) is 6.20. The molecule has 1 amide bonds. The first-order chi connectivity index (χ1) is 15.7. The largest absolute Gasteiger partial charge is 0.494 e. The number of carbonyl (C=O) groups excluding carboxylic acids is 1. The van der Waals surface area contributed by atoms with Crippen LogP contribution >= 0.6 is 0 Å². The number of nitrogens with zero attached hydrogens (tertiary/aromatic N) is 3. The number of hydrogen-bond acceptors (Lipinski definition) is 5. The van der Waals surface area contributed by atoms with E-state index in [0.717, 1.165) is 37.1 Å². The maximum Gasteiger partial charge on any atom is 0.227 e. The lowest BCUT2D eigenvalue weighted by Gasteiger charge is -2.31. The van der Waals surface area contributed by atoms with Crippen LogP contribution in [-0.2, 0) is 11.2 Å². The molecule has 0 spiro atoms. The number of aryl methyl sites for hydroxylation is 1. The molecule has 2 aromatic carbocycles. The molecule has 6 heteroatoms. The van der Waals surface area contributed by atoms with Gasteiger partial charge in [-0.2, -0.15) is 4.98 Å². The minimum atomic E-state index is 0.169. The van der Waals surface area contributed by atoms with Crippen molar-refractivity contribution in [2.75, 3.05) is 13.2 Å². The van der Waals surface area contributed by atoms with Crippen molar-refractivity contribution < 1.29 is 14.1 Å². The normalized spacial score (nSPS) is 16.8. The molecular formula is C26H31N3O3. The van der Waals surface area contributed by atoms with Gasteiger partial charge in [0.05, 0.1) is 6.61 Å². The third kappa shape index (κ3) is 5.01. The zero-order valence-corrected chi connectivity index (χ0v) is 18.9. The Morgan fingerprint density at radius 3 is 2.66 bits per heavy atom. The van der Waals surface area contributed by atoms with Crippen LogP contribution in [-0.4, -0.2) is 40.1 Å². The van der Waals surface area contributed by atoms with Gasteiger partial charge < -0.3 is 14.2 Å². The minimum Gasteiger partial charge on any atom is -0.494 e. The lowest BCUT2D eigenvalue weighted by Crippen LogP contribution is -2.39. The predicted octanol–water partition coefficient (Wildman–Crippen LogP) is 5.25. The molecule has 0 bridgehead atoms. The second-order valence-electron chi connectivity index (χ2n) is 8.19. The van der Waals surface area contributed by atoms with Crippen molar-refractivity contribution >= 4 is 5.91 Å². The fourth-order valence-electron chi connectivity index (χ4n) is 4.65. The molecule has 32 heavy (non-hydrogen) atoms. The lowest BCUT2D eigenvalue weighted by molar-refractivity contribution is -0.132. The van der Waals surface area contributed by atoms with E-state index in [4.69, 9.17) is 9.26 Å². The van der Waals surface area contributed by atoms with Crippen molar-refractivity contribution in [2.45, 2.75) is 57.9 Å². The molecule has 1 aromatic heterocycles. The van der Waals surface area contributed by atoms with Crippen molar-refractivity contribution in [1.29, 1.82) is 0 Å². The van der Waals surface area contributed by atoms with Crippen LogP contribution in [0.15, 0.2) is 59.1 Å². The van der Waals surface area contributed by atoms with E-state index >= 15 is 0 Å². The summed E-state index contributed by atoms with van der Waals surface area (Å²) >= 11 is 0. The number of amides is 1. The monoisotopic (exact) mass is 433 g/mol. The molecule has 0 saturated carbocycles. The molecule has 2 heterocycles. The number of aromatic nitrogens is 2. The number of benzene rings is 2. The number of carbonyl (C=O) groups is 1. The molecule has 0 N–H and O–H groups in total. The van der Waals surface area contributed by atoms with Crippen molar-refractivity contribution in [3.63, 3.8) is 0 Å². The Bertz CT molecular complexity index is 1000. The smallest absolute Gasteiger partial charge is 0.227 e. The molecule has 3 aromatic rings. The highest BCUT2D eigenvalue weighted by atomic mass is 16.5. The van der Waals surface area contributed by atoms with Gasteiger partial charge in [0.25, 0.3) is 0 Å². The summed E-state index contributed by atoms with van der Waals surface area (Å²) in [6, 6.07) is 18.4. The van der Waals surface area contributed by atoms with Crippen LogP contribution in [0.3, 0.4) is 0 Å². The van der Waals surface area contributed by atoms with Crippen LogP contribution in [0.2, 0.25) is 0 Å². The van der Waals surface area contributed by atoms with Crippen LogP contribution < -0.4 is 4.74 Å². The lowest BCUT2D eigenvalue weighted by atomic mass is 9.87. The molecule has 6 nitrogen and oxygen atoms in total. The van der Waals surface area contributed by atoms with Gasteiger partial charge in [-0.3, -0.25) is 4.79 Å². The zero-order chi connectivity index (χ0) is 22.3. The molecule has 4 rings (SSSR count). The maximum atomic E-state index is 13.1. The average Bonchev–Trinajstić information content (AvgIpc) is 3.50. The summed E-state index contributed by atoms with van der Waals surface area (Å²) in [7, 11) is 0. The molecule has 168 valence electrons. The molecule has 1 saturated heterocycles. The van der Waals surface area contributed by atoms with E-state index in [-0.39, 0.29) is 11.9 Å². The highest BCUT2D eigenvalue weighted by Crippen LogP contribution is 2.34. The van der Waals surface area contributed by atoms with E-state index < -0.39 is 0 Å². The first-order valence-electron chi connectivity index (χ1n) is 11.6. The summed E-state index contributed by atoms with van der Waals surface area (Å²) in [5.41, 5.74) is 2.18. The fourth-order valence-corrected chi connectivity index (χ4v) is 4.65. The zero-order valence-electron chi connectivity index (χ0n) is 18.9. The molecular weight excluding hydrogens is 402 g/mol. The Hall–Kier alpha value is -3.15. The number of likely N-dealkylation sites (tertiary alicyclic amines) is 1. The highest BCUT2D eigenvalue weighted by molar-refractivity contribution is 5.77. The Kier molecular flexibility index (Phi) is 7.20. The summed E-state index contributed by atoms with van der Waals surface area (Å²) in [5, 5.41) is 4.08.